The van der Waals surface area contributed by atoms with Crippen LogP contribution in [0, 0.1) is 0 Å². The smallest absolute Gasteiger partial charge is 0.358 e. The highest BCUT2D eigenvalue weighted by Gasteiger charge is 2.50. The number of hydrogen-bond donors (Lipinski definition) is 0. The lowest BCUT2D eigenvalue weighted by Gasteiger charge is -2.35. The lowest BCUT2D eigenvalue weighted by molar-refractivity contribution is -0.165. The van der Waals surface area contributed by atoms with E-state index >= 15 is 0 Å². The molecule has 1 aliphatic rings. The van der Waals surface area contributed by atoms with Crippen molar-refractivity contribution < 1.29 is 23.8 Å². The molecule has 1 aliphatic heterocycles. The first-order chi connectivity index (χ1) is 13.5. The first-order valence-corrected chi connectivity index (χ1v) is 9.61. The summed E-state index contributed by atoms with van der Waals surface area (Å²) in [6, 6.07) is 13.8. The van der Waals surface area contributed by atoms with Crippen molar-refractivity contribution in [3.8, 4) is 11.5 Å². The second-order valence-corrected chi connectivity index (χ2v) is 7.03. The predicted octanol–water partition coefficient (Wildman–Crippen LogP) is 4.04. The molecular weight excluding hydrogens is 356 g/mol. The number of carbonyl (C=O) groups is 2. The molecule has 0 aliphatic carbocycles. The van der Waals surface area contributed by atoms with Crippen LogP contribution in [0.1, 0.15) is 43.4 Å². The van der Waals surface area contributed by atoms with Gasteiger partial charge in [0.1, 0.15) is 18.1 Å². The van der Waals surface area contributed by atoms with E-state index < -0.39 is 11.6 Å². The van der Waals surface area contributed by atoms with Crippen molar-refractivity contribution in [3.05, 3.63) is 59.2 Å². The number of fused-ring (bicyclic) bond motifs is 1. The summed E-state index contributed by atoms with van der Waals surface area (Å²) in [5.74, 6) is 0.305. The van der Waals surface area contributed by atoms with Crippen LogP contribution in [0.2, 0.25) is 0 Å². The third-order valence-electron chi connectivity index (χ3n) is 5.14. The maximum Gasteiger partial charge on any atom is 0.358 e. The van der Waals surface area contributed by atoms with E-state index in [0.717, 1.165) is 29.5 Å². The molecule has 0 N–H and O–H groups in total. The number of benzene rings is 2. The molecule has 0 spiro atoms. The molecule has 5 nitrogen and oxygen atoms in total. The Bertz CT molecular complexity index is 859. The maximum atomic E-state index is 12.4. The number of ether oxygens (including phenoxy) is 3. The third kappa shape index (κ3) is 3.75. The Balaban J connectivity index is 1.97. The SMILES string of the molecule is CCCc1c(OCc2ccccc2)ccc2c1OC(C(C)=O)(C(=O)OC)CC2. The summed E-state index contributed by atoms with van der Waals surface area (Å²) in [5, 5.41) is 0. The van der Waals surface area contributed by atoms with Crippen LogP contribution in [-0.4, -0.2) is 24.5 Å². The Kier molecular flexibility index (Phi) is 6.02. The molecule has 1 atom stereocenters. The number of ketones is 1. The van der Waals surface area contributed by atoms with Crippen LogP contribution in [0.4, 0.5) is 0 Å². The van der Waals surface area contributed by atoms with Gasteiger partial charge < -0.3 is 14.2 Å². The van der Waals surface area contributed by atoms with E-state index in [2.05, 4.69) is 6.92 Å². The normalized spacial score (nSPS) is 18.0. The van der Waals surface area contributed by atoms with E-state index in [1.807, 2.05) is 42.5 Å². The molecule has 0 saturated heterocycles. The Labute approximate surface area is 165 Å². The van der Waals surface area contributed by atoms with Crippen LogP contribution >= 0.6 is 0 Å². The lowest BCUT2D eigenvalue weighted by Crippen LogP contribution is -2.53. The van der Waals surface area contributed by atoms with Crippen LogP contribution < -0.4 is 9.47 Å². The van der Waals surface area contributed by atoms with E-state index in [1.54, 1.807) is 0 Å². The summed E-state index contributed by atoms with van der Waals surface area (Å²) < 4.78 is 17.1. The first kappa shape index (κ1) is 19.9. The average molecular weight is 382 g/mol. The van der Waals surface area contributed by atoms with Crippen LogP contribution in [-0.2, 0) is 33.8 Å². The van der Waals surface area contributed by atoms with Crippen LogP contribution in [0.3, 0.4) is 0 Å². The van der Waals surface area contributed by atoms with Crippen molar-refractivity contribution in [1.29, 1.82) is 0 Å². The van der Waals surface area contributed by atoms with Gasteiger partial charge in [-0.1, -0.05) is 49.7 Å². The van der Waals surface area contributed by atoms with Gasteiger partial charge in [0.15, 0.2) is 5.78 Å². The van der Waals surface area contributed by atoms with Gasteiger partial charge in [0.25, 0.3) is 5.60 Å². The quantitative estimate of drug-likeness (QED) is 0.534. The molecule has 1 heterocycles. The molecule has 0 amide bonds. The highest BCUT2D eigenvalue weighted by molar-refractivity contribution is 6.06. The van der Waals surface area contributed by atoms with E-state index in [4.69, 9.17) is 14.2 Å². The number of methoxy groups -OCH3 is 1. The van der Waals surface area contributed by atoms with Gasteiger partial charge in [-0.15, -0.1) is 0 Å². The van der Waals surface area contributed by atoms with Gasteiger partial charge in [0.05, 0.1) is 7.11 Å². The van der Waals surface area contributed by atoms with Gasteiger partial charge in [0, 0.05) is 12.0 Å². The topological polar surface area (TPSA) is 61.8 Å². The number of aryl methyl sites for hydroxylation is 1. The number of rotatable bonds is 7. The van der Waals surface area contributed by atoms with Crippen LogP contribution in [0.5, 0.6) is 11.5 Å². The molecular formula is C23H26O5. The van der Waals surface area contributed by atoms with Crippen LogP contribution in [0.15, 0.2) is 42.5 Å². The van der Waals surface area contributed by atoms with E-state index in [1.165, 1.54) is 14.0 Å². The molecule has 148 valence electrons. The van der Waals surface area contributed by atoms with Crippen molar-refractivity contribution in [2.24, 2.45) is 0 Å². The molecule has 2 aromatic rings. The summed E-state index contributed by atoms with van der Waals surface area (Å²) in [7, 11) is 1.28. The fraction of sp³-hybridized carbons (Fsp3) is 0.391. The van der Waals surface area contributed by atoms with E-state index in [9.17, 15) is 9.59 Å². The van der Waals surface area contributed by atoms with Gasteiger partial charge in [-0.3, -0.25) is 4.79 Å². The van der Waals surface area contributed by atoms with Crippen molar-refractivity contribution >= 4 is 11.8 Å². The summed E-state index contributed by atoms with van der Waals surface area (Å²) in [5.41, 5.74) is 1.36. The molecule has 0 bridgehead atoms. The maximum absolute atomic E-state index is 12.4. The third-order valence-corrected chi connectivity index (χ3v) is 5.14. The zero-order valence-corrected chi connectivity index (χ0v) is 16.6. The second-order valence-electron chi connectivity index (χ2n) is 7.03. The van der Waals surface area contributed by atoms with E-state index in [-0.39, 0.29) is 12.2 Å². The minimum atomic E-state index is -1.58. The predicted molar refractivity (Wildman–Crippen MR) is 106 cm³/mol. The summed E-state index contributed by atoms with van der Waals surface area (Å²) in [4.78, 5) is 24.7. The van der Waals surface area contributed by atoms with Gasteiger partial charge in [0.2, 0.25) is 0 Å². The van der Waals surface area contributed by atoms with Crippen molar-refractivity contribution in [3.63, 3.8) is 0 Å². The lowest BCUT2D eigenvalue weighted by atomic mass is 9.86. The van der Waals surface area contributed by atoms with Crippen molar-refractivity contribution in [2.45, 2.75) is 51.7 Å². The Morgan fingerprint density at radius 2 is 1.89 bits per heavy atom. The highest BCUT2D eigenvalue weighted by Crippen LogP contribution is 2.42. The number of Topliss-reactive ketones (excluding diaryl/α,β-unsaturated/α-hetero) is 1. The first-order valence-electron chi connectivity index (χ1n) is 9.61. The summed E-state index contributed by atoms with van der Waals surface area (Å²) >= 11 is 0. The van der Waals surface area contributed by atoms with Crippen molar-refractivity contribution in [1.82, 2.24) is 0 Å². The van der Waals surface area contributed by atoms with Gasteiger partial charge in [-0.2, -0.15) is 0 Å². The van der Waals surface area contributed by atoms with Crippen molar-refractivity contribution in [2.75, 3.05) is 7.11 Å². The zero-order chi connectivity index (χ0) is 20.1. The Morgan fingerprint density at radius 1 is 1.14 bits per heavy atom. The molecule has 0 fully saturated rings. The number of carbonyl (C=O) groups excluding carboxylic acids is 2. The minimum absolute atomic E-state index is 0.276. The zero-order valence-electron chi connectivity index (χ0n) is 16.6. The number of esters is 1. The minimum Gasteiger partial charge on any atom is -0.488 e. The number of hydrogen-bond acceptors (Lipinski definition) is 5. The fourth-order valence-electron chi connectivity index (χ4n) is 3.58. The Hall–Kier alpha value is -2.82. The highest BCUT2D eigenvalue weighted by atomic mass is 16.6. The van der Waals surface area contributed by atoms with Gasteiger partial charge >= 0.3 is 5.97 Å². The average Bonchev–Trinajstić information content (AvgIpc) is 2.72. The molecule has 3 rings (SSSR count). The molecule has 2 aromatic carbocycles. The van der Waals surface area contributed by atoms with Crippen LogP contribution in [0.25, 0.3) is 0 Å². The standard InChI is InChI=1S/C23H26O5/c1-4-8-19-20(27-15-17-9-6-5-7-10-17)12-11-18-13-14-23(16(2)24,22(25)26-3)28-21(18)19/h5-7,9-12H,4,8,13-15H2,1-3H3. The molecule has 5 heteroatoms. The monoisotopic (exact) mass is 382 g/mol. The largest absolute Gasteiger partial charge is 0.488 e. The van der Waals surface area contributed by atoms with E-state index in [0.29, 0.717) is 24.5 Å². The van der Waals surface area contributed by atoms with Gasteiger partial charge in [-0.25, -0.2) is 4.79 Å². The summed E-state index contributed by atoms with van der Waals surface area (Å²) in [6.45, 7) is 3.88. The molecule has 0 aromatic heterocycles. The van der Waals surface area contributed by atoms with Gasteiger partial charge in [-0.05, 0) is 37.0 Å². The second kappa shape index (κ2) is 8.46. The molecule has 1 unspecified atom stereocenters. The fourth-order valence-corrected chi connectivity index (χ4v) is 3.58. The molecule has 0 saturated carbocycles. The summed E-state index contributed by atoms with van der Waals surface area (Å²) in [6.07, 6.45) is 2.45. The molecule has 28 heavy (non-hydrogen) atoms. The molecule has 0 radical (unpaired) electrons. The Morgan fingerprint density at radius 3 is 2.54 bits per heavy atom.